The Bertz CT molecular complexity index is 434. The van der Waals surface area contributed by atoms with E-state index in [4.69, 9.17) is 5.73 Å². The first-order chi connectivity index (χ1) is 8.97. The maximum absolute atomic E-state index is 11.9. The minimum atomic E-state index is 0.0587. The quantitative estimate of drug-likeness (QED) is 0.825. The van der Waals surface area contributed by atoms with Gasteiger partial charge in [0.15, 0.2) is 0 Å². The van der Waals surface area contributed by atoms with Gasteiger partial charge in [-0.2, -0.15) is 0 Å². The van der Waals surface area contributed by atoms with E-state index < -0.39 is 0 Å². The van der Waals surface area contributed by atoms with Crippen LogP contribution in [0.4, 0.5) is 0 Å². The van der Waals surface area contributed by atoms with Crippen LogP contribution in [0.15, 0.2) is 18.5 Å². The maximum atomic E-state index is 11.9. The predicted octanol–water partition coefficient (Wildman–Crippen LogP) is 2.06. The minimum Gasteiger partial charge on any atom is -0.352 e. The van der Waals surface area contributed by atoms with Crippen molar-refractivity contribution in [1.82, 2.24) is 9.88 Å². The fraction of sp³-hybridized carbons (Fsp3) is 0.667. The fourth-order valence-corrected chi connectivity index (χ4v) is 2.11. The largest absolute Gasteiger partial charge is 0.352 e. The molecule has 0 saturated heterocycles. The molecule has 0 aromatic carbocycles. The summed E-state index contributed by atoms with van der Waals surface area (Å²) in [6, 6.07) is 2.37. The Kier molecular flexibility index (Phi) is 4.30. The van der Waals surface area contributed by atoms with E-state index in [1.165, 1.54) is 12.8 Å². The molecule has 0 bridgehead atoms. The molecule has 0 spiro atoms. The molecule has 1 aromatic rings. The Morgan fingerprint density at radius 1 is 1.47 bits per heavy atom. The average molecular weight is 263 g/mol. The molecule has 2 rings (SSSR count). The van der Waals surface area contributed by atoms with Crippen molar-refractivity contribution in [3.63, 3.8) is 0 Å². The predicted molar refractivity (Wildman–Crippen MR) is 76.5 cm³/mol. The molecule has 2 unspecified atom stereocenters. The number of hydrogen-bond donors (Lipinski definition) is 2. The van der Waals surface area contributed by atoms with Gasteiger partial charge in [0.05, 0.1) is 0 Å². The molecule has 1 amide bonds. The van der Waals surface area contributed by atoms with Gasteiger partial charge in [0.25, 0.3) is 0 Å². The van der Waals surface area contributed by atoms with Crippen molar-refractivity contribution in [1.29, 1.82) is 0 Å². The van der Waals surface area contributed by atoms with Crippen molar-refractivity contribution in [2.45, 2.75) is 52.2 Å². The van der Waals surface area contributed by atoms with Crippen molar-refractivity contribution in [3.05, 3.63) is 24.0 Å². The van der Waals surface area contributed by atoms with Crippen LogP contribution in [0.1, 0.15) is 45.2 Å². The molecule has 1 aliphatic rings. The summed E-state index contributed by atoms with van der Waals surface area (Å²) in [6.45, 7) is 6.61. The maximum Gasteiger partial charge on any atom is 0.240 e. The van der Waals surface area contributed by atoms with Crippen LogP contribution in [0.2, 0.25) is 0 Å². The Labute approximate surface area is 115 Å². The summed E-state index contributed by atoms with van der Waals surface area (Å²) in [6.07, 6.45) is 6.41. The van der Waals surface area contributed by atoms with Crippen molar-refractivity contribution in [2.75, 3.05) is 0 Å². The van der Waals surface area contributed by atoms with Gasteiger partial charge in [0.1, 0.15) is 6.54 Å². The van der Waals surface area contributed by atoms with Gasteiger partial charge in [0, 0.05) is 24.5 Å². The molecule has 1 saturated carbocycles. The SMILES string of the molecule is CC(C)C(C)NC(=O)Cn1ccc(C(N)C2CC2)c1. The van der Waals surface area contributed by atoms with Gasteiger partial charge < -0.3 is 15.6 Å². The van der Waals surface area contributed by atoms with Gasteiger partial charge in [-0.25, -0.2) is 0 Å². The van der Waals surface area contributed by atoms with E-state index in [9.17, 15) is 4.79 Å². The van der Waals surface area contributed by atoms with E-state index in [0.717, 1.165) is 5.56 Å². The van der Waals surface area contributed by atoms with Gasteiger partial charge in [0.2, 0.25) is 5.91 Å². The van der Waals surface area contributed by atoms with Crippen LogP contribution in [-0.2, 0) is 11.3 Å². The molecular formula is C15H25N3O. The standard InChI is InChI=1S/C15H25N3O/c1-10(2)11(3)17-14(19)9-18-7-6-13(8-18)15(16)12-4-5-12/h6-8,10-12,15H,4-5,9,16H2,1-3H3,(H,17,19). The number of aromatic nitrogens is 1. The zero-order valence-electron chi connectivity index (χ0n) is 12.1. The summed E-state index contributed by atoms with van der Waals surface area (Å²) in [7, 11) is 0. The van der Waals surface area contributed by atoms with E-state index >= 15 is 0 Å². The average Bonchev–Trinajstić information content (AvgIpc) is 3.09. The lowest BCUT2D eigenvalue weighted by molar-refractivity contribution is -0.122. The Balaban J connectivity index is 1.87. The molecule has 1 fully saturated rings. The van der Waals surface area contributed by atoms with E-state index in [1.54, 1.807) is 0 Å². The van der Waals surface area contributed by atoms with Crippen LogP contribution < -0.4 is 11.1 Å². The van der Waals surface area contributed by atoms with Crippen LogP contribution in [0.25, 0.3) is 0 Å². The monoisotopic (exact) mass is 263 g/mol. The summed E-state index contributed by atoms with van der Waals surface area (Å²) >= 11 is 0. The zero-order chi connectivity index (χ0) is 14.0. The van der Waals surface area contributed by atoms with Crippen LogP contribution in [0.5, 0.6) is 0 Å². The highest BCUT2D eigenvalue weighted by Gasteiger charge is 2.29. The number of rotatable bonds is 6. The van der Waals surface area contributed by atoms with Crippen LogP contribution >= 0.6 is 0 Å². The van der Waals surface area contributed by atoms with Crippen LogP contribution in [-0.4, -0.2) is 16.5 Å². The third kappa shape index (κ3) is 3.83. The summed E-state index contributed by atoms with van der Waals surface area (Å²) in [5.41, 5.74) is 7.30. The van der Waals surface area contributed by atoms with Crippen LogP contribution in [0, 0.1) is 11.8 Å². The lowest BCUT2D eigenvalue weighted by atomic mass is 10.1. The van der Waals surface area contributed by atoms with Crippen molar-refractivity contribution < 1.29 is 4.79 Å². The summed E-state index contributed by atoms with van der Waals surface area (Å²) < 4.78 is 1.92. The normalized spacial score (nSPS) is 18.4. The first-order valence-corrected chi connectivity index (χ1v) is 7.18. The van der Waals surface area contributed by atoms with Crippen molar-refractivity contribution in [2.24, 2.45) is 17.6 Å². The Morgan fingerprint density at radius 2 is 2.16 bits per heavy atom. The topological polar surface area (TPSA) is 60.0 Å². The van der Waals surface area contributed by atoms with E-state index in [-0.39, 0.29) is 18.0 Å². The third-order valence-corrected chi connectivity index (χ3v) is 4.00. The molecule has 2 atom stereocenters. The summed E-state index contributed by atoms with van der Waals surface area (Å²) in [5.74, 6) is 1.15. The molecule has 1 heterocycles. The third-order valence-electron chi connectivity index (χ3n) is 4.00. The zero-order valence-corrected chi connectivity index (χ0v) is 12.1. The first kappa shape index (κ1) is 14.1. The minimum absolute atomic E-state index is 0.0587. The lowest BCUT2D eigenvalue weighted by Gasteiger charge is -2.17. The highest BCUT2D eigenvalue weighted by molar-refractivity contribution is 5.76. The van der Waals surface area contributed by atoms with Gasteiger partial charge in [-0.3, -0.25) is 4.79 Å². The molecular weight excluding hydrogens is 238 g/mol. The number of carbonyl (C=O) groups excluding carboxylic acids is 1. The summed E-state index contributed by atoms with van der Waals surface area (Å²) in [4.78, 5) is 11.9. The molecule has 4 nitrogen and oxygen atoms in total. The molecule has 4 heteroatoms. The number of nitrogens with zero attached hydrogens (tertiary/aromatic N) is 1. The van der Waals surface area contributed by atoms with Crippen molar-refractivity contribution in [3.8, 4) is 0 Å². The molecule has 19 heavy (non-hydrogen) atoms. The van der Waals surface area contributed by atoms with Crippen LogP contribution in [0.3, 0.4) is 0 Å². The van der Waals surface area contributed by atoms with Gasteiger partial charge in [-0.05, 0) is 43.2 Å². The second-order valence-electron chi connectivity index (χ2n) is 6.08. The van der Waals surface area contributed by atoms with Gasteiger partial charge in [-0.15, -0.1) is 0 Å². The Hall–Kier alpha value is -1.29. The number of nitrogens with two attached hydrogens (primary N) is 1. The number of carbonyl (C=O) groups is 1. The first-order valence-electron chi connectivity index (χ1n) is 7.18. The number of nitrogens with one attached hydrogen (secondary N) is 1. The van der Waals surface area contributed by atoms with E-state index in [1.807, 2.05) is 30.0 Å². The second-order valence-corrected chi connectivity index (χ2v) is 6.08. The molecule has 0 radical (unpaired) electrons. The van der Waals surface area contributed by atoms with Gasteiger partial charge >= 0.3 is 0 Å². The lowest BCUT2D eigenvalue weighted by Crippen LogP contribution is -2.37. The Morgan fingerprint density at radius 3 is 2.74 bits per heavy atom. The molecule has 1 aliphatic carbocycles. The molecule has 3 N–H and O–H groups in total. The van der Waals surface area contributed by atoms with E-state index in [2.05, 4.69) is 19.2 Å². The molecule has 0 aliphatic heterocycles. The highest BCUT2D eigenvalue weighted by atomic mass is 16.2. The highest BCUT2D eigenvalue weighted by Crippen LogP contribution is 2.39. The fourth-order valence-electron chi connectivity index (χ4n) is 2.11. The smallest absolute Gasteiger partial charge is 0.240 e. The number of amides is 1. The second kappa shape index (κ2) is 5.78. The molecule has 106 valence electrons. The summed E-state index contributed by atoms with van der Waals surface area (Å²) in [5, 5.41) is 3.01. The van der Waals surface area contributed by atoms with Gasteiger partial charge in [-0.1, -0.05) is 13.8 Å². The van der Waals surface area contributed by atoms with Crippen molar-refractivity contribution >= 4 is 5.91 Å². The van der Waals surface area contributed by atoms with E-state index in [0.29, 0.717) is 18.4 Å². The molecule has 1 aromatic heterocycles. The number of hydrogen-bond acceptors (Lipinski definition) is 2.